The third-order valence-corrected chi connectivity index (χ3v) is 4.51. The molecule has 1 atom stereocenters. The zero-order valence-electron chi connectivity index (χ0n) is 20.1. The van der Waals surface area contributed by atoms with E-state index in [1.54, 1.807) is 18.2 Å². The number of pyridine rings is 1. The molecule has 3 N–H and O–H groups in total. The van der Waals surface area contributed by atoms with Crippen molar-refractivity contribution < 1.29 is 1.37 Å². The number of para-hydroxylation sites is 3. The minimum Gasteiger partial charge on any atom is -0.390 e. The van der Waals surface area contributed by atoms with Crippen LogP contribution in [0.4, 0.5) is 5.69 Å². The Balaban J connectivity index is 0.00000162. The summed E-state index contributed by atoms with van der Waals surface area (Å²) < 4.78 is 7.78. The normalized spacial score (nSPS) is 11.2. The third-order valence-electron chi connectivity index (χ3n) is 4.51. The number of hydrogen-bond donors (Lipinski definition) is 3. The molecule has 4 aromatic rings. The number of H-pyrrole nitrogens is 2. The molecule has 7 heteroatoms. The van der Waals surface area contributed by atoms with Crippen molar-refractivity contribution in [2.75, 3.05) is 5.32 Å². The molecule has 0 saturated carbocycles. The second-order valence-corrected chi connectivity index (χ2v) is 6.69. The van der Waals surface area contributed by atoms with E-state index in [0.717, 1.165) is 10.9 Å². The van der Waals surface area contributed by atoms with Gasteiger partial charge in [0.1, 0.15) is 11.4 Å². The first-order valence-electron chi connectivity index (χ1n) is 11.1. The van der Waals surface area contributed by atoms with Gasteiger partial charge in [-0.2, -0.15) is 13.5 Å². The van der Waals surface area contributed by atoms with Gasteiger partial charge in [0.05, 0.1) is 31.5 Å². The summed E-state index contributed by atoms with van der Waals surface area (Å²) in [5, 5.41) is 4.17. The summed E-state index contributed by atoms with van der Waals surface area (Å²) >= 11 is 0. The Morgan fingerprint density at radius 2 is 1.66 bits per heavy atom. The number of fused-ring (bicyclic) bond motifs is 2. The average Bonchev–Trinajstić information content (AvgIpc) is 3.18. The van der Waals surface area contributed by atoms with Gasteiger partial charge in [-0.05, 0) is 30.1 Å². The monoisotopic (exact) mass is 453 g/mol. The van der Waals surface area contributed by atoms with Crippen LogP contribution in [0.3, 0.4) is 0 Å². The molecule has 172 valence electrons. The summed E-state index contributed by atoms with van der Waals surface area (Å²) in [6.07, 6.45) is 0. The summed E-state index contributed by atoms with van der Waals surface area (Å²) in [5.41, 5.74) is 2.96. The Bertz CT molecular complexity index is 1210. The molecule has 0 fully saturated rings. The van der Waals surface area contributed by atoms with Crippen LogP contribution >= 0.6 is 13.5 Å². The van der Waals surface area contributed by atoms with Crippen LogP contribution in [0.2, 0.25) is 0 Å². The van der Waals surface area contributed by atoms with E-state index in [1.807, 2.05) is 65.8 Å². The largest absolute Gasteiger partial charge is 0.390 e. The van der Waals surface area contributed by atoms with Crippen molar-refractivity contribution in [3.63, 3.8) is 0 Å². The maximum Gasteiger partial charge on any atom is 0.261 e. The lowest BCUT2D eigenvalue weighted by atomic mass is 9.85. The minimum absolute atomic E-state index is 0. The molecular weight excluding hydrogens is 415 g/mol. The van der Waals surface area contributed by atoms with Crippen LogP contribution in [0.25, 0.3) is 33.3 Å². The molecule has 2 aromatic heterocycles. The van der Waals surface area contributed by atoms with Gasteiger partial charge in [-0.1, -0.05) is 79.3 Å². The number of nitrogens with one attached hydrogen (secondary N) is 3. The number of benzene rings is 2. The molecule has 0 saturated heterocycles. The maximum absolute atomic E-state index is 12.9. The van der Waals surface area contributed by atoms with Crippen LogP contribution in [0.15, 0.2) is 53.3 Å². The topological polar surface area (TPSA) is 73.6 Å². The van der Waals surface area contributed by atoms with Crippen molar-refractivity contribution in [3.8, 4) is 11.4 Å². The molecule has 2 aromatic carbocycles. The SMILES string of the molecule is C.CC.CC.S.[2H]c1ccc2nc(-c3c(NC([B])C(C)C)c4ccccc4[nH]c3=O)[nH]c2c1. The van der Waals surface area contributed by atoms with E-state index < -0.39 is 0 Å². The van der Waals surface area contributed by atoms with Gasteiger partial charge >= 0.3 is 0 Å². The zero-order chi connectivity index (χ0) is 23.1. The predicted molar refractivity (Wildman–Crippen MR) is 147 cm³/mol. The average molecular weight is 453 g/mol. The van der Waals surface area contributed by atoms with Crippen LogP contribution in [-0.4, -0.2) is 28.7 Å². The number of aromatic nitrogens is 3. The number of aromatic amines is 2. The van der Waals surface area contributed by atoms with Crippen LogP contribution in [0.5, 0.6) is 0 Å². The van der Waals surface area contributed by atoms with Gasteiger partial charge in [0.15, 0.2) is 0 Å². The van der Waals surface area contributed by atoms with Gasteiger partial charge in [0.2, 0.25) is 0 Å². The Kier molecular flexibility index (Phi) is 11.7. The van der Waals surface area contributed by atoms with Crippen LogP contribution in [0.1, 0.15) is 50.3 Å². The van der Waals surface area contributed by atoms with Crippen molar-refractivity contribution in [2.45, 2.75) is 54.9 Å². The summed E-state index contributed by atoms with van der Waals surface area (Å²) in [4.78, 5) is 23.6. The Morgan fingerprint density at radius 3 is 2.31 bits per heavy atom. The fourth-order valence-electron chi connectivity index (χ4n) is 2.97. The molecular formula is C25H37BN4OS. The molecule has 2 heterocycles. The number of anilines is 1. The highest BCUT2D eigenvalue weighted by molar-refractivity contribution is 7.59. The first-order valence-corrected chi connectivity index (χ1v) is 10.6. The standard InChI is InChI=1S/C20H19BN4O.2C2H6.CH4.H2S/c1-11(2)18(21)25-17-12-7-3-4-8-13(12)24-20(26)16(17)19-22-14-9-5-6-10-15(14)23-19;2*1-2;;/h3-11,18H,1-2H3,(H,22,23)(H2,24,25,26);2*1-2H3;1H4;1H2/i5D;;;;. The Morgan fingerprint density at radius 1 is 1.00 bits per heavy atom. The lowest BCUT2D eigenvalue weighted by Crippen LogP contribution is -2.27. The van der Waals surface area contributed by atoms with Gasteiger partial charge in [-0.15, -0.1) is 0 Å². The highest BCUT2D eigenvalue weighted by Gasteiger charge is 2.19. The van der Waals surface area contributed by atoms with Crippen molar-refractivity contribution in [2.24, 2.45) is 5.92 Å². The lowest BCUT2D eigenvalue weighted by Gasteiger charge is -2.22. The molecule has 4 rings (SSSR count). The fraction of sp³-hybridized carbons (Fsp3) is 0.360. The maximum atomic E-state index is 12.9. The smallest absolute Gasteiger partial charge is 0.261 e. The summed E-state index contributed by atoms with van der Waals surface area (Å²) in [5.74, 6) is 0.302. The fourth-order valence-corrected chi connectivity index (χ4v) is 2.97. The van der Waals surface area contributed by atoms with Crippen molar-refractivity contribution >= 4 is 49.0 Å². The van der Waals surface area contributed by atoms with E-state index in [1.165, 1.54) is 0 Å². The number of imidazole rings is 1. The Labute approximate surface area is 201 Å². The van der Waals surface area contributed by atoms with Crippen LogP contribution < -0.4 is 10.9 Å². The molecule has 2 radical (unpaired) electrons. The van der Waals surface area contributed by atoms with E-state index in [-0.39, 0.29) is 38.3 Å². The molecule has 5 nitrogen and oxygen atoms in total. The van der Waals surface area contributed by atoms with Gasteiger partial charge in [0.25, 0.3) is 5.56 Å². The first-order chi connectivity index (χ1) is 14.9. The zero-order valence-corrected chi connectivity index (χ0v) is 20.1. The molecule has 32 heavy (non-hydrogen) atoms. The predicted octanol–water partition coefficient (Wildman–Crippen LogP) is 6.44. The van der Waals surface area contributed by atoms with E-state index in [2.05, 4.69) is 20.3 Å². The number of hydrogen-bond acceptors (Lipinski definition) is 3. The second kappa shape index (κ2) is 13.7. The third kappa shape index (κ3) is 6.19. The summed E-state index contributed by atoms with van der Waals surface area (Å²) in [7, 11) is 6.25. The lowest BCUT2D eigenvalue weighted by molar-refractivity contribution is 0.643. The minimum atomic E-state index is -0.321. The second-order valence-electron chi connectivity index (χ2n) is 6.69. The van der Waals surface area contributed by atoms with Crippen LogP contribution in [-0.2, 0) is 0 Å². The quantitative estimate of drug-likeness (QED) is 0.312. The Hall–Kier alpha value is -2.67. The highest BCUT2D eigenvalue weighted by Crippen LogP contribution is 2.31. The van der Waals surface area contributed by atoms with E-state index in [9.17, 15) is 4.79 Å². The first kappa shape index (κ1) is 27.4. The molecule has 0 bridgehead atoms. The molecule has 0 amide bonds. The van der Waals surface area contributed by atoms with E-state index in [4.69, 9.17) is 9.22 Å². The van der Waals surface area contributed by atoms with Crippen molar-refractivity contribution in [1.29, 1.82) is 0 Å². The van der Waals surface area contributed by atoms with Crippen LogP contribution in [0, 0.1) is 5.92 Å². The van der Waals surface area contributed by atoms with Gasteiger partial charge in [-0.25, -0.2) is 4.98 Å². The summed E-state index contributed by atoms with van der Waals surface area (Å²) in [6, 6.07) is 13.1. The molecule has 1 unspecified atom stereocenters. The molecule has 0 aliphatic heterocycles. The number of rotatable bonds is 4. The van der Waals surface area contributed by atoms with Gasteiger partial charge in [-0.3, -0.25) is 4.79 Å². The summed E-state index contributed by atoms with van der Waals surface area (Å²) in [6.45, 7) is 12.0. The molecule has 0 aliphatic rings. The molecule has 0 spiro atoms. The van der Waals surface area contributed by atoms with Crippen molar-refractivity contribution in [1.82, 2.24) is 15.0 Å². The van der Waals surface area contributed by atoms with Gasteiger partial charge in [0, 0.05) is 5.39 Å². The number of nitrogens with zero attached hydrogens (tertiary/aromatic N) is 1. The van der Waals surface area contributed by atoms with Crippen molar-refractivity contribution in [3.05, 3.63) is 58.9 Å². The van der Waals surface area contributed by atoms with E-state index in [0.29, 0.717) is 34.2 Å². The van der Waals surface area contributed by atoms with Gasteiger partial charge < -0.3 is 15.3 Å². The van der Waals surface area contributed by atoms with E-state index >= 15 is 0 Å². The molecule has 0 aliphatic carbocycles. The highest BCUT2D eigenvalue weighted by atomic mass is 32.1.